The van der Waals surface area contributed by atoms with Gasteiger partial charge in [0.05, 0.1) is 7.11 Å². The predicted octanol–water partition coefficient (Wildman–Crippen LogP) is 4.32. The fourth-order valence-electron chi connectivity index (χ4n) is 2.41. The molecule has 2 aromatic rings. The Labute approximate surface area is 148 Å². The fourth-order valence-corrected chi connectivity index (χ4v) is 2.41. The van der Waals surface area contributed by atoms with Gasteiger partial charge in [-0.25, -0.2) is 0 Å². The Morgan fingerprint density at radius 2 is 1.52 bits per heavy atom. The van der Waals surface area contributed by atoms with Crippen LogP contribution in [0.25, 0.3) is 0 Å². The van der Waals surface area contributed by atoms with Crippen molar-refractivity contribution in [1.29, 1.82) is 0 Å². The van der Waals surface area contributed by atoms with Crippen LogP contribution in [0.5, 0.6) is 5.75 Å². The van der Waals surface area contributed by atoms with Crippen molar-refractivity contribution in [3.8, 4) is 5.75 Å². The molecule has 0 spiro atoms. The van der Waals surface area contributed by atoms with Crippen LogP contribution in [0.2, 0.25) is 0 Å². The molecule has 0 saturated carbocycles. The van der Waals surface area contributed by atoms with Crippen LogP contribution < -0.4 is 15.4 Å². The third-order valence-corrected chi connectivity index (χ3v) is 3.93. The Bertz CT molecular complexity index is 709. The fraction of sp³-hybridized carbons (Fsp3) is 0.300. The highest BCUT2D eigenvalue weighted by atomic mass is 16.5. The molecule has 0 aliphatic carbocycles. The van der Waals surface area contributed by atoms with Crippen LogP contribution >= 0.6 is 0 Å². The van der Waals surface area contributed by atoms with Gasteiger partial charge in [0.2, 0.25) is 5.91 Å². The molecule has 2 N–H and O–H groups in total. The van der Waals surface area contributed by atoms with Gasteiger partial charge in [0.25, 0.3) is 5.91 Å². The van der Waals surface area contributed by atoms with E-state index in [1.54, 1.807) is 55.6 Å². The van der Waals surface area contributed by atoms with Crippen molar-refractivity contribution >= 4 is 23.2 Å². The number of amides is 2. The van der Waals surface area contributed by atoms with Crippen molar-refractivity contribution in [2.45, 2.75) is 26.7 Å². The van der Waals surface area contributed by atoms with Gasteiger partial charge in [0.15, 0.2) is 0 Å². The largest absolute Gasteiger partial charge is 0.497 e. The van der Waals surface area contributed by atoms with Crippen LogP contribution in [0.3, 0.4) is 0 Å². The van der Waals surface area contributed by atoms with Gasteiger partial charge < -0.3 is 15.4 Å². The van der Waals surface area contributed by atoms with Crippen LogP contribution in [0.15, 0.2) is 48.5 Å². The van der Waals surface area contributed by atoms with E-state index in [0.717, 1.165) is 18.6 Å². The Kier molecular flexibility index (Phi) is 6.57. The SMILES string of the molecule is CCC[C@@H](C)C(=O)Nc1ccc(C(=O)Nc2ccc(OC)cc2)cc1. The van der Waals surface area contributed by atoms with E-state index >= 15 is 0 Å². The minimum atomic E-state index is -0.206. The smallest absolute Gasteiger partial charge is 0.255 e. The summed E-state index contributed by atoms with van der Waals surface area (Å²) in [7, 11) is 1.59. The van der Waals surface area contributed by atoms with Crippen molar-refractivity contribution < 1.29 is 14.3 Å². The number of methoxy groups -OCH3 is 1. The summed E-state index contributed by atoms with van der Waals surface area (Å²) in [6, 6.07) is 14.0. The van der Waals surface area contributed by atoms with Gasteiger partial charge in [-0.1, -0.05) is 20.3 Å². The number of ether oxygens (including phenoxy) is 1. The normalized spacial score (nSPS) is 11.5. The van der Waals surface area contributed by atoms with Gasteiger partial charge in [-0.05, 0) is 55.0 Å². The molecular weight excluding hydrogens is 316 g/mol. The monoisotopic (exact) mass is 340 g/mol. The molecule has 25 heavy (non-hydrogen) atoms. The third-order valence-electron chi connectivity index (χ3n) is 3.93. The second kappa shape index (κ2) is 8.87. The molecule has 0 heterocycles. The zero-order valence-corrected chi connectivity index (χ0v) is 14.8. The number of rotatable bonds is 7. The summed E-state index contributed by atoms with van der Waals surface area (Å²) in [5.74, 6) is 0.498. The van der Waals surface area contributed by atoms with Crippen molar-refractivity contribution in [2.24, 2.45) is 5.92 Å². The minimum Gasteiger partial charge on any atom is -0.497 e. The van der Waals surface area contributed by atoms with Crippen molar-refractivity contribution in [3.05, 3.63) is 54.1 Å². The molecule has 0 aromatic heterocycles. The molecule has 2 amide bonds. The summed E-state index contributed by atoms with van der Waals surface area (Å²) >= 11 is 0. The standard InChI is InChI=1S/C20H24N2O3/c1-4-5-14(2)19(23)21-16-8-6-15(7-9-16)20(24)22-17-10-12-18(25-3)13-11-17/h6-14H,4-5H2,1-3H3,(H,21,23)(H,22,24)/t14-/m1/s1. The highest BCUT2D eigenvalue weighted by molar-refractivity contribution is 6.04. The van der Waals surface area contributed by atoms with Crippen LogP contribution in [-0.2, 0) is 4.79 Å². The molecule has 0 saturated heterocycles. The van der Waals surface area contributed by atoms with E-state index in [2.05, 4.69) is 17.6 Å². The Morgan fingerprint density at radius 1 is 0.960 bits per heavy atom. The van der Waals surface area contributed by atoms with Gasteiger partial charge in [-0.15, -0.1) is 0 Å². The van der Waals surface area contributed by atoms with Crippen LogP contribution in [-0.4, -0.2) is 18.9 Å². The summed E-state index contributed by atoms with van der Waals surface area (Å²) in [6.45, 7) is 3.97. The molecule has 0 radical (unpaired) electrons. The van der Waals surface area contributed by atoms with Gasteiger partial charge >= 0.3 is 0 Å². The van der Waals surface area contributed by atoms with E-state index in [9.17, 15) is 9.59 Å². The first-order valence-electron chi connectivity index (χ1n) is 8.39. The number of carbonyl (C=O) groups excluding carboxylic acids is 2. The van der Waals surface area contributed by atoms with E-state index in [4.69, 9.17) is 4.74 Å². The number of anilines is 2. The number of nitrogens with one attached hydrogen (secondary N) is 2. The maximum atomic E-state index is 12.3. The topological polar surface area (TPSA) is 67.4 Å². The van der Waals surface area contributed by atoms with Crippen molar-refractivity contribution in [2.75, 3.05) is 17.7 Å². The van der Waals surface area contributed by atoms with Crippen molar-refractivity contribution in [3.63, 3.8) is 0 Å². The first-order valence-corrected chi connectivity index (χ1v) is 8.39. The van der Waals surface area contributed by atoms with Gasteiger partial charge in [-0.3, -0.25) is 9.59 Å². The van der Waals surface area contributed by atoms with Gasteiger partial charge in [-0.2, -0.15) is 0 Å². The Balaban J connectivity index is 1.96. The van der Waals surface area contributed by atoms with Crippen LogP contribution in [0.4, 0.5) is 11.4 Å². The van der Waals surface area contributed by atoms with E-state index in [0.29, 0.717) is 16.9 Å². The summed E-state index contributed by atoms with van der Waals surface area (Å²) in [5, 5.41) is 5.69. The average molecular weight is 340 g/mol. The van der Waals surface area contributed by atoms with E-state index < -0.39 is 0 Å². The Morgan fingerprint density at radius 3 is 2.08 bits per heavy atom. The number of carbonyl (C=O) groups is 2. The summed E-state index contributed by atoms with van der Waals surface area (Å²) < 4.78 is 5.09. The zero-order valence-electron chi connectivity index (χ0n) is 14.8. The van der Waals surface area contributed by atoms with Crippen molar-refractivity contribution in [1.82, 2.24) is 0 Å². The lowest BCUT2D eigenvalue weighted by molar-refractivity contribution is -0.119. The molecule has 0 aliphatic heterocycles. The van der Waals surface area contributed by atoms with Gasteiger partial charge in [0, 0.05) is 22.9 Å². The quantitative estimate of drug-likeness (QED) is 0.788. The lowest BCUT2D eigenvalue weighted by atomic mass is 10.1. The number of benzene rings is 2. The molecule has 5 heteroatoms. The second-order valence-corrected chi connectivity index (χ2v) is 5.94. The first-order chi connectivity index (χ1) is 12.0. The lowest BCUT2D eigenvalue weighted by Gasteiger charge is -2.11. The molecule has 2 aromatic carbocycles. The van der Waals surface area contributed by atoms with Gasteiger partial charge in [0.1, 0.15) is 5.75 Å². The predicted molar refractivity (Wildman–Crippen MR) is 100 cm³/mol. The molecule has 0 aliphatic rings. The molecule has 0 unspecified atom stereocenters. The minimum absolute atomic E-state index is 0.00251. The van der Waals surface area contributed by atoms with Crippen LogP contribution in [0.1, 0.15) is 37.0 Å². The second-order valence-electron chi connectivity index (χ2n) is 5.94. The first kappa shape index (κ1) is 18.5. The maximum Gasteiger partial charge on any atom is 0.255 e. The van der Waals surface area contributed by atoms with E-state index in [1.807, 2.05) is 6.92 Å². The third kappa shape index (κ3) is 5.35. The molecular formula is C20H24N2O3. The molecule has 0 fully saturated rings. The maximum absolute atomic E-state index is 12.3. The van der Waals surface area contributed by atoms with E-state index in [1.165, 1.54) is 0 Å². The molecule has 1 atom stereocenters. The summed E-state index contributed by atoms with van der Waals surface area (Å²) in [5.41, 5.74) is 1.90. The lowest BCUT2D eigenvalue weighted by Crippen LogP contribution is -2.20. The highest BCUT2D eigenvalue weighted by Crippen LogP contribution is 2.17. The average Bonchev–Trinajstić information content (AvgIpc) is 2.63. The molecule has 0 bridgehead atoms. The van der Waals surface area contributed by atoms with Crippen LogP contribution in [0, 0.1) is 5.92 Å². The highest BCUT2D eigenvalue weighted by Gasteiger charge is 2.12. The summed E-state index contributed by atoms with van der Waals surface area (Å²) in [4.78, 5) is 24.3. The Hall–Kier alpha value is -2.82. The molecule has 132 valence electrons. The zero-order chi connectivity index (χ0) is 18.2. The molecule has 5 nitrogen and oxygen atoms in total. The number of hydrogen-bond acceptors (Lipinski definition) is 3. The van der Waals surface area contributed by atoms with E-state index in [-0.39, 0.29) is 17.7 Å². The number of hydrogen-bond donors (Lipinski definition) is 2. The molecule has 2 rings (SSSR count). The summed E-state index contributed by atoms with van der Waals surface area (Å²) in [6.07, 6.45) is 1.83.